The molecule has 140 valence electrons. The van der Waals surface area contributed by atoms with E-state index in [1.807, 2.05) is 0 Å². The summed E-state index contributed by atoms with van der Waals surface area (Å²) >= 11 is 0. The van der Waals surface area contributed by atoms with Crippen LogP contribution in [0.25, 0.3) is 0 Å². The molecule has 0 aromatic heterocycles. The van der Waals surface area contributed by atoms with Crippen LogP contribution in [0.5, 0.6) is 0 Å². The van der Waals surface area contributed by atoms with Crippen molar-refractivity contribution in [3.63, 3.8) is 0 Å². The average molecular weight is 350 g/mol. The van der Waals surface area contributed by atoms with Gasteiger partial charge in [-0.1, -0.05) is 0 Å². The first kappa shape index (κ1) is 22.3. The van der Waals surface area contributed by atoms with E-state index in [2.05, 4.69) is 0 Å². The molecule has 24 heavy (non-hydrogen) atoms. The zero-order valence-electron chi connectivity index (χ0n) is 14.9. The molecule has 0 aromatic rings. The molecular weight excluding hydrogens is 324 g/mol. The smallest absolute Gasteiger partial charge is 0.303 e. The van der Waals surface area contributed by atoms with Gasteiger partial charge in [-0.05, 0) is 0 Å². The van der Waals surface area contributed by atoms with Crippen molar-refractivity contribution >= 4 is 17.9 Å². The van der Waals surface area contributed by atoms with E-state index in [4.69, 9.17) is 28.4 Å². The third-order valence-electron chi connectivity index (χ3n) is 3.03. The molecule has 4 atom stereocenters. The Morgan fingerprint density at radius 2 is 1.29 bits per heavy atom. The summed E-state index contributed by atoms with van der Waals surface area (Å²) in [6.45, 7) is 3.55. The normalized spacial score (nSPS) is 15.8. The van der Waals surface area contributed by atoms with Gasteiger partial charge in [0.1, 0.15) is 18.8 Å². The van der Waals surface area contributed by atoms with Crippen molar-refractivity contribution in [1.82, 2.24) is 0 Å². The molecule has 0 saturated heterocycles. The molecule has 0 rings (SSSR count). The lowest BCUT2D eigenvalue weighted by Gasteiger charge is -2.34. The number of methoxy groups -OCH3 is 3. The average Bonchev–Trinajstić information content (AvgIpc) is 2.47. The van der Waals surface area contributed by atoms with Gasteiger partial charge in [0, 0.05) is 42.1 Å². The lowest BCUT2D eigenvalue weighted by Crippen LogP contribution is -2.52. The van der Waals surface area contributed by atoms with Crippen LogP contribution in [0.1, 0.15) is 20.8 Å². The van der Waals surface area contributed by atoms with E-state index in [9.17, 15) is 14.4 Å². The second-order valence-electron chi connectivity index (χ2n) is 4.95. The van der Waals surface area contributed by atoms with E-state index >= 15 is 0 Å². The number of esters is 3. The van der Waals surface area contributed by atoms with Crippen molar-refractivity contribution < 1.29 is 42.8 Å². The van der Waals surface area contributed by atoms with Crippen LogP contribution in [0.3, 0.4) is 0 Å². The van der Waals surface area contributed by atoms with Gasteiger partial charge in [0.05, 0.1) is 6.61 Å². The van der Waals surface area contributed by atoms with E-state index in [1.54, 1.807) is 0 Å². The Kier molecular flexibility index (Phi) is 10.9. The Morgan fingerprint density at radius 1 is 0.708 bits per heavy atom. The Labute approximate surface area is 141 Å². The highest BCUT2D eigenvalue weighted by Gasteiger charge is 2.40. The molecule has 0 aliphatic carbocycles. The molecule has 0 fully saturated rings. The minimum absolute atomic E-state index is 0.0137. The van der Waals surface area contributed by atoms with Gasteiger partial charge in [-0.2, -0.15) is 0 Å². The summed E-state index contributed by atoms with van der Waals surface area (Å²) in [6.07, 6.45) is -3.55. The summed E-state index contributed by atoms with van der Waals surface area (Å²) in [5.74, 6) is -1.65. The van der Waals surface area contributed by atoms with Gasteiger partial charge in [-0.3, -0.25) is 14.4 Å². The van der Waals surface area contributed by atoms with Crippen LogP contribution >= 0.6 is 0 Å². The van der Waals surface area contributed by atoms with E-state index in [0.29, 0.717) is 0 Å². The predicted molar refractivity (Wildman–Crippen MR) is 81.2 cm³/mol. The molecule has 0 bridgehead atoms. The van der Waals surface area contributed by atoms with Gasteiger partial charge in [0.15, 0.2) is 12.2 Å². The molecule has 0 unspecified atom stereocenters. The number of ether oxygens (including phenoxy) is 6. The fourth-order valence-electron chi connectivity index (χ4n) is 2.11. The first-order valence-electron chi connectivity index (χ1n) is 7.29. The Balaban J connectivity index is 5.46. The van der Waals surface area contributed by atoms with Crippen LogP contribution in [0, 0.1) is 0 Å². The molecule has 0 saturated carbocycles. The predicted octanol–water partition coefficient (Wildman–Crippen LogP) is 0.0893. The van der Waals surface area contributed by atoms with Gasteiger partial charge in [0.2, 0.25) is 0 Å². The molecular formula is C15H26O9. The monoisotopic (exact) mass is 350 g/mol. The van der Waals surface area contributed by atoms with Gasteiger partial charge in [0.25, 0.3) is 0 Å². The Hall–Kier alpha value is -1.71. The maximum Gasteiger partial charge on any atom is 0.303 e. The molecule has 0 amide bonds. The summed E-state index contributed by atoms with van der Waals surface area (Å²) in [4.78, 5) is 33.8. The number of hydrogen-bond acceptors (Lipinski definition) is 9. The third-order valence-corrected chi connectivity index (χ3v) is 3.03. The van der Waals surface area contributed by atoms with E-state index in [-0.39, 0.29) is 13.2 Å². The Morgan fingerprint density at radius 3 is 1.67 bits per heavy atom. The highest BCUT2D eigenvalue weighted by molar-refractivity contribution is 5.67. The fourth-order valence-corrected chi connectivity index (χ4v) is 2.11. The van der Waals surface area contributed by atoms with Crippen LogP contribution in [0.4, 0.5) is 0 Å². The second-order valence-corrected chi connectivity index (χ2v) is 4.95. The van der Waals surface area contributed by atoms with Gasteiger partial charge in [-0.15, -0.1) is 0 Å². The first-order valence-corrected chi connectivity index (χ1v) is 7.29. The largest absolute Gasteiger partial charge is 0.463 e. The molecule has 0 aliphatic heterocycles. The molecule has 0 N–H and O–H groups in total. The van der Waals surface area contributed by atoms with Gasteiger partial charge >= 0.3 is 17.9 Å². The van der Waals surface area contributed by atoms with Crippen molar-refractivity contribution in [3.8, 4) is 0 Å². The fraction of sp³-hybridized carbons (Fsp3) is 0.800. The SMILES string of the molecule is COC[C@H](OC(C)=O)[C@H](OC)[C@@H](OC(C)=O)[C@H](COC(C)=O)OC. The van der Waals surface area contributed by atoms with Crippen LogP contribution in [-0.4, -0.2) is 76.9 Å². The van der Waals surface area contributed by atoms with Crippen molar-refractivity contribution in [3.05, 3.63) is 0 Å². The number of carbonyl (C=O) groups is 3. The van der Waals surface area contributed by atoms with Gasteiger partial charge < -0.3 is 28.4 Å². The maximum absolute atomic E-state index is 11.5. The molecule has 9 nitrogen and oxygen atoms in total. The van der Waals surface area contributed by atoms with Crippen molar-refractivity contribution in [2.24, 2.45) is 0 Å². The lowest BCUT2D eigenvalue weighted by atomic mass is 10.0. The first-order chi connectivity index (χ1) is 11.3. The molecule has 0 aliphatic rings. The number of hydrogen-bond donors (Lipinski definition) is 0. The highest BCUT2D eigenvalue weighted by atomic mass is 16.6. The highest BCUT2D eigenvalue weighted by Crippen LogP contribution is 2.18. The Bertz CT molecular complexity index is 410. The van der Waals surface area contributed by atoms with Crippen molar-refractivity contribution in [2.45, 2.75) is 45.2 Å². The van der Waals surface area contributed by atoms with Crippen LogP contribution < -0.4 is 0 Å². The number of carbonyl (C=O) groups excluding carboxylic acids is 3. The zero-order chi connectivity index (χ0) is 18.7. The third kappa shape index (κ3) is 8.23. The lowest BCUT2D eigenvalue weighted by molar-refractivity contribution is -0.194. The van der Waals surface area contributed by atoms with Crippen molar-refractivity contribution in [1.29, 1.82) is 0 Å². The van der Waals surface area contributed by atoms with Gasteiger partial charge in [-0.25, -0.2) is 0 Å². The summed E-state index contributed by atoms with van der Waals surface area (Å²) in [7, 11) is 4.16. The topological polar surface area (TPSA) is 107 Å². The van der Waals surface area contributed by atoms with Crippen molar-refractivity contribution in [2.75, 3.05) is 34.5 Å². The van der Waals surface area contributed by atoms with E-state index in [1.165, 1.54) is 42.1 Å². The molecule has 0 spiro atoms. The van der Waals surface area contributed by atoms with E-state index in [0.717, 1.165) is 0 Å². The second kappa shape index (κ2) is 11.8. The maximum atomic E-state index is 11.5. The molecule has 0 radical (unpaired) electrons. The summed E-state index contributed by atoms with van der Waals surface area (Å²) in [5.41, 5.74) is 0. The van der Waals surface area contributed by atoms with Crippen LogP contribution in [0.15, 0.2) is 0 Å². The minimum Gasteiger partial charge on any atom is -0.463 e. The number of rotatable bonds is 11. The van der Waals surface area contributed by atoms with Crippen LogP contribution in [-0.2, 0) is 42.8 Å². The summed E-state index contributed by atoms with van der Waals surface area (Å²) in [5, 5.41) is 0. The zero-order valence-corrected chi connectivity index (χ0v) is 14.9. The summed E-state index contributed by atoms with van der Waals surface area (Å²) < 4.78 is 31.0. The molecule has 9 heteroatoms. The van der Waals surface area contributed by atoms with E-state index < -0.39 is 42.3 Å². The molecule has 0 aromatic carbocycles. The minimum atomic E-state index is -0.989. The van der Waals surface area contributed by atoms with Crippen LogP contribution in [0.2, 0.25) is 0 Å². The summed E-state index contributed by atoms with van der Waals surface area (Å²) in [6, 6.07) is 0. The standard InChI is InChI=1S/C15H26O9/c1-9(16)22-8-12(20-5)15(24-11(3)18)14(21-6)13(7-19-4)23-10(2)17/h12-15H,7-8H2,1-6H3/t12-,13-,14-,15-/m0/s1. The molecule has 0 heterocycles. The quantitative estimate of drug-likeness (QED) is 0.378.